The first kappa shape index (κ1) is 18.8. The zero-order valence-corrected chi connectivity index (χ0v) is 15.9. The molecule has 0 unspecified atom stereocenters. The van der Waals surface area contributed by atoms with Gasteiger partial charge in [0.25, 0.3) is 0 Å². The summed E-state index contributed by atoms with van der Waals surface area (Å²) < 4.78 is 17.0. The molecule has 1 aliphatic carbocycles. The number of hydrogen-bond acceptors (Lipinski definition) is 5. The fourth-order valence-corrected chi connectivity index (χ4v) is 3.52. The van der Waals surface area contributed by atoms with Crippen LogP contribution in [0.5, 0.6) is 11.5 Å². The molecule has 0 fully saturated rings. The van der Waals surface area contributed by atoms with Crippen molar-refractivity contribution < 1.29 is 23.8 Å². The number of benzene rings is 2. The molecule has 1 heterocycles. The van der Waals surface area contributed by atoms with Crippen molar-refractivity contribution in [2.24, 2.45) is 0 Å². The molecule has 29 heavy (non-hydrogen) atoms. The van der Waals surface area contributed by atoms with Crippen molar-refractivity contribution in [1.29, 1.82) is 0 Å². The highest BCUT2D eigenvalue weighted by molar-refractivity contribution is 5.88. The van der Waals surface area contributed by atoms with Crippen LogP contribution in [-0.2, 0) is 11.2 Å². The maximum absolute atomic E-state index is 12.9. The highest BCUT2D eigenvalue weighted by Gasteiger charge is 2.24. The molecule has 0 saturated carbocycles. The van der Waals surface area contributed by atoms with Gasteiger partial charge in [0.15, 0.2) is 12.0 Å². The van der Waals surface area contributed by atoms with Gasteiger partial charge in [0.05, 0.1) is 12.0 Å². The highest BCUT2D eigenvalue weighted by atomic mass is 16.5. The van der Waals surface area contributed by atoms with Gasteiger partial charge >= 0.3 is 5.97 Å². The molecule has 6 heteroatoms. The summed E-state index contributed by atoms with van der Waals surface area (Å²) in [7, 11) is 0. The van der Waals surface area contributed by atoms with Gasteiger partial charge in [0, 0.05) is 17.2 Å². The molecule has 0 saturated heterocycles. The van der Waals surface area contributed by atoms with Crippen LogP contribution in [0.4, 0.5) is 0 Å². The maximum atomic E-state index is 12.9. The molecule has 0 bridgehead atoms. The van der Waals surface area contributed by atoms with Gasteiger partial charge in [-0.2, -0.15) is 0 Å². The summed E-state index contributed by atoms with van der Waals surface area (Å²) in [6, 6.07) is 12.5. The zero-order valence-electron chi connectivity index (χ0n) is 15.9. The molecule has 0 amide bonds. The number of rotatable bonds is 6. The molecule has 1 aromatic heterocycles. The van der Waals surface area contributed by atoms with Crippen molar-refractivity contribution in [1.82, 2.24) is 0 Å². The first-order chi connectivity index (χ1) is 14.1. The van der Waals surface area contributed by atoms with E-state index in [4.69, 9.17) is 19.0 Å². The van der Waals surface area contributed by atoms with Crippen LogP contribution in [0.3, 0.4) is 0 Å². The number of aliphatic carboxylic acids is 1. The Morgan fingerprint density at radius 2 is 2.00 bits per heavy atom. The highest BCUT2D eigenvalue weighted by Crippen LogP contribution is 2.36. The van der Waals surface area contributed by atoms with Crippen LogP contribution in [-0.4, -0.2) is 24.3 Å². The lowest BCUT2D eigenvalue weighted by atomic mass is 10.1. The lowest BCUT2D eigenvalue weighted by Crippen LogP contribution is -2.10. The lowest BCUT2D eigenvalue weighted by molar-refractivity contribution is -0.139. The number of ether oxygens (including phenoxy) is 2. The van der Waals surface area contributed by atoms with Crippen LogP contribution < -0.4 is 14.9 Å². The Hall–Kier alpha value is -3.54. The predicted octanol–water partition coefficient (Wildman–Crippen LogP) is 4.14. The van der Waals surface area contributed by atoms with E-state index in [0.29, 0.717) is 47.5 Å². The van der Waals surface area contributed by atoms with Crippen molar-refractivity contribution in [2.75, 3.05) is 13.2 Å². The number of fused-ring (bicyclic) bond motifs is 2. The van der Waals surface area contributed by atoms with Gasteiger partial charge in [0.2, 0.25) is 0 Å². The normalized spacial score (nSPS) is 14.2. The number of carboxylic acid groups (broad SMARTS) is 1. The molecule has 1 N–H and O–H groups in total. The largest absolute Gasteiger partial charge is 0.493 e. The third kappa shape index (κ3) is 3.74. The van der Waals surface area contributed by atoms with E-state index in [9.17, 15) is 9.59 Å². The summed E-state index contributed by atoms with van der Waals surface area (Å²) in [5.74, 6) is 0.625. The van der Waals surface area contributed by atoms with Gasteiger partial charge in [-0.15, -0.1) is 0 Å². The molecule has 0 atom stereocenters. The van der Waals surface area contributed by atoms with Gasteiger partial charge in [-0.05, 0) is 49.6 Å². The fraction of sp³-hybridized carbons (Fsp3) is 0.217. The van der Waals surface area contributed by atoms with E-state index in [1.165, 1.54) is 0 Å². The van der Waals surface area contributed by atoms with Gasteiger partial charge in [-0.3, -0.25) is 4.79 Å². The van der Waals surface area contributed by atoms with Crippen molar-refractivity contribution in [3.63, 3.8) is 0 Å². The van der Waals surface area contributed by atoms with Crippen molar-refractivity contribution in [3.8, 4) is 11.5 Å². The van der Waals surface area contributed by atoms with E-state index >= 15 is 0 Å². The van der Waals surface area contributed by atoms with E-state index in [2.05, 4.69) is 0 Å². The van der Waals surface area contributed by atoms with Gasteiger partial charge < -0.3 is 19.0 Å². The summed E-state index contributed by atoms with van der Waals surface area (Å²) in [4.78, 5) is 23.6. The second-order valence-corrected chi connectivity index (χ2v) is 6.72. The average molecular weight is 392 g/mol. The summed E-state index contributed by atoms with van der Waals surface area (Å²) in [6.07, 6.45) is 3.32. The minimum Gasteiger partial charge on any atom is -0.493 e. The molecule has 0 radical (unpaired) electrons. The molecule has 0 spiro atoms. The Bertz CT molecular complexity index is 1170. The molecule has 6 nitrogen and oxygen atoms in total. The van der Waals surface area contributed by atoms with Gasteiger partial charge in [0.1, 0.15) is 22.8 Å². The molecular formula is C23H20O6. The van der Waals surface area contributed by atoms with E-state index in [1.807, 2.05) is 37.3 Å². The third-order valence-corrected chi connectivity index (χ3v) is 4.80. The van der Waals surface area contributed by atoms with Crippen LogP contribution in [0.2, 0.25) is 0 Å². The number of para-hydroxylation sites is 1. The number of hydrogen-bond donors (Lipinski definition) is 1. The number of allylic oxidation sites excluding steroid dienone is 1. The van der Waals surface area contributed by atoms with Crippen molar-refractivity contribution in [2.45, 2.75) is 19.8 Å². The standard InChI is InChI=1S/C23H20O6/c1-2-27-19-6-4-3-5-14(19)11-15-7-9-18-22(26)17-10-8-16(28-13-21(24)25)12-20(17)29-23(15)18/h3-6,8,10-12H,2,7,9,13H2,1H3,(H,24,25). The Balaban J connectivity index is 1.78. The molecule has 0 aliphatic heterocycles. The van der Waals surface area contributed by atoms with Crippen LogP contribution in [0.15, 0.2) is 51.7 Å². The third-order valence-electron chi connectivity index (χ3n) is 4.80. The van der Waals surface area contributed by atoms with E-state index in [0.717, 1.165) is 16.9 Å². The van der Waals surface area contributed by atoms with Gasteiger partial charge in [-0.1, -0.05) is 18.2 Å². The van der Waals surface area contributed by atoms with Gasteiger partial charge in [-0.25, -0.2) is 4.79 Å². The van der Waals surface area contributed by atoms with E-state index < -0.39 is 12.6 Å². The molecule has 1 aliphatic rings. The van der Waals surface area contributed by atoms with Crippen molar-refractivity contribution >= 4 is 28.6 Å². The number of carboxylic acids is 1. The second kappa shape index (κ2) is 7.83. The summed E-state index contributed by atoms with van der Waals surface area (Å²) in [5, 5.41) is 9.24. The fourth-order valence-electron chi connectivity index (χ4n) is 3.52. The average Bonchev–Trinajstić information content (AvgIpc) is 3.11. The van der Waals surface area contributed by atoms with Crippen LogP contribution in [0.25, 0.3) is 22.6 Å². The van der Waals surface area contributed by atoms with E-state index in [1.54, 1.807) is 18.2 Å². The van der Waals surface area contributed by atoms with Crippen LogP contribution >= 0.6 is 0 Å². The quantitative estimate of drug-likeness (QED) is 0.678. The molecule has 2 aromatic carbocycles. The zero-order chi connectivity index (χ0) is 20.4. The Kier molecular flexibility index (Phi) is 5.08. The predicted molar refractivity (Wildman–Crippen MR) is 109 cm³/mol. The number of carbonyl (C=O) groups is 1. The first-order valence-electron chi connectivity index (χ1n) is 9.44. The molecule has 3 aromatic rings. The molecule has 148 valence electrons. The monoisotopic (exact) mass is 392 g/mol. The SMILES string of the molecule is CCOc1ccccc1C=C1CCc2c1oc1cc(OCC(=O)O)ccc1c2=O. The lowest BCUT2D eigenvalue weighted by Gasteiger charge is -2.09. The van der Waals surface area contributed by atoms with Crippen LogP contribution in [0, 0.1) is 0 Å². The van der Waals surface area contributed by atoms with Crippen molar-refractivity contribution in [3.05, 3.63) is 69.6 Å². The summed E-state index contributed by atoms with van der Waals surface area (Å²) in [6.45, 7) is 2.04. The first-order valence-corrected chi connectivity index (χ1v) is 9.44. The second-order valence-electron chi connectivity index (χ2n) is 6.72. The Labute approximate surface area is 167 Å². The Morgan fingerprint density at radius 1 is 1.17 bits per heavy atom. The summed E-state index contributed by atoms with van der Waals surface area (Å²) >= 11 is 0. The maximum Gasteiger partial charge on any atom is 0.341 e. The molecular weight excluding hydrogens is 372 g/mol. The summed E-state index contributed by atoms with van der Waals surface area (Å²) in [5.41, 5.74) is 2.84. The minimum atomic E-state index is -1.07. The van der Waals surface area contributed by atoms with E-state index in [-0.39, 0.29) is 5.43 Å². The topological polar surface area (TPSA) is 86.0 Å². The Morgan fingerprint density at radius 3 is 2.79 bits per heavy atom. The smallest absolute Gasteiger partial charge is 0.341 e. The minimum absolute atomic E-state index is 0.0625. The van der Waals surface area contributed by atoms with Crippen LogP contribution in [0.1, 0.15) is 30.2 Å². The molecule has 4 rings (SSSR count).